The van der Waals surface area contributed by atoms with Gasteiger partial charge in [0.25, 0.3) is 0 Å². The molecule has 0 aliphatic carbocycles. The number of esters is 2. The van der Waals surface area contributed by atoms with Gasteiger partial charge in [0, 0.05) is 0 Å². The Hall–Kier alpha value is -4.36. The normalized spacial score (nSPS) is 15.9. The Morgan fingerprint density at radius 3 is 2.41 bits per heavy atom. The molecule has 10 heteroatoms. The maximum absolute atomic E-state index is 13.2. The van der Waals surface area contributed by atoms with Crippen LogP contribution < -0.4 is 16.4 Å². The molecule has 4 rings (SSSR count). The SMILES string of the molecule is COC(=O)C1=C(C(=O)OC)N(c2cc3nc(N)sc3cc2C)C(N)=C(C#N)C1c1ccccc1. The van der Waals surface area contributed by atoms with E-state index < -0.39 is 17.9 Å². The van der Waals surface area contributed by atoms with Crippen LogP contribution in [0.2, 0.25) is 0 Å². The number of hydrogen-bond donors (Lipinski definition) is 2. The second-order valence-corrected chi connectivity index (χ2v) is 8.56. The van der Waals surface area contributed by atoms with Gasteiger partial charge in [-0.25, -0.2) is 14.6 Å². The van der Waals surface area contributed by atoms with Gasteiger partial charge in [0.1, 0.15) is 11.5 Å². The number of nitrogens with zero attached hydrogens (tertiary/aromatic N) is 3. The number of nitrogens with two attached hydrogens (primary N) is 2. The number of anilines is 2. The van der Waals surface area contributed by atoms with Crippen molar-refractivity contribution in [3.63, 3.8) is 0 Å². The van der Waals surface area contributed by atoms with Gasteiger partial charge in [-0.05, 0) is 30.2 Å². The maximum atomic E-state index is 13.2. The number of carbonyl (C=O) groups excluding carboxylic acids is 2. The minimum atomic E-state index is -0.928. The van der Waals surface area contributed by atoms with Crippen molar-refractivity contribution in [2.75, 3.05) is 24.9 Å². The molecule has 0 spiro atoms. The van der Waals surface area contributed by atoms with Gasteiger partial charge in [-0.15, -0.1) is 0 Å². The van der Waals surface area contributed by atoms with E-state index in [1.54, 1.807) is 36.4 Å². The van der Waals surface area contributed by atoms with Crippen molar-refractivity contribution in [2.24, 2.45) is 5.73 Å². The molecule has 1 aliphatic heterocycles. The smallest absolute Gasteiger partial charge is 0.355 e. The second-order valence-electron chi connectivity index (χ2n) is 7.49. The third-order valence-corrected chi connectivity index (χ3v) is 6.42. The van der Waals surface area contributed by atoms with Crippen molar-refractivity contribution in [1.29, 1.82) is 5.26 Å². The number of aromatic nitrogens is 1. The Morgan fingerprint density at radius 1 is 1.12 bits per heavy atom. The van der Waals surface area contributed by atoms with Crippen LogP contribution in [0.25, 0.3) is 10.2 Å². The van der Waals surface area contributed by atoms with E-state index >= 15 is 0 Å². The molecule has 0 saturated carbocycles. The van der Waals surface area contributed by atoms with Gasteiger partial charge in [-0.3, -0.25) is 4.90 Å². The number of benzene rings is 2. The first kappa shape index (κ1) is 22.8. The average molecular weight is 476 g/mol. The van der Waals surface area contributed by atoms with E-state index in [0.29, 0.717) is 21.9 Å². The van der Waals surface area contributed by atoms with Crippen LogP contribution in [0.15, 0.2) is 65.1 Å². The number of aryl methyl sites for hydroxylation is 1. The topological polar surface area (TPSA) is 145 Å². The molecule has 9 nitrogen and oxygen atoms in total. The summed E-state index contributed by atoms with van der Waals surface area (Å²) < 4.78 is 11.0. The van der Waals surface area contributed by atoms with Crippen molar-refractivity contribution < 1.29 is 19.1 Å². The first-order valence-corrected chi connectivity index (χ1v) is 11.0. The molecule has 0 radical (unpaired) electrons. The predicted molar refractivity (Wildman–Crippen MR) is 128 cm³/mol. The van der Waals surface area contributed by atoms with Crippen LogP contribution in [0.4, 0.5) is 10.8 Å². The molecule has 1 atom stereocenters. The molecule has 0 amide bonds. The molecule has 2 heterocycles. The number of thiazole rings is 1. The highest BCUT2D eigenvalue weighted by Crippen LogP contribution is 2.44. The summed E-state index contributed by atoms with van der Waals surface area (Å²) in [4.78, 5) is 31.9. The second kappa shape index (κ2) is 8.88. The molecule has 172 valence electrons. The molecule has 3 aromatic rings. The van der Waals surface area contributed by atoms with Crippen molar-refractivity contribution in [2.45, 2.75) is 12.8 Å². The van der Waals surface area contributed by atoms with Crippen molar-refractivity contribution in [3.05, 3.63) is 76.3 Å². The van der Waals surface area contributed by atoms with Crippen LogP contribution in [0.1, 0.15) is 17.0 Å². The maximum Gasteiger partial charge on any atom is 0.355 e. The van der Waals surface area contributed by atoms with Gasteiger partial charge in [-0.2, -0.15) is 5.26 Å². The quantitative estimate of drug-likeness (QED) is 0.544. The molecule has 1 unspecified atom stereocenters. The van der Waals surface area contributed by atoms with Gasteiger partial charge >= 0.3 is 11.9 Å². The minimum absolute atomic E-state index is 0.00458. The summed E-state index contributed by atoms with van der Waals surface area (Å²) in [6.07, 6.45) is 0. The lowest BCUT2D eigenvalue weighted by molar-refractivity contribution is -0.139. The number of fused-ring (bicyclic) bond motifs is 1. The van der Waals surface area contributed by atoms with Crippen LogP contribution in [0, 0.1) is 18.3 Å². The van der Waals surface area contributed by atoms with E-state index in [1.165, 1.54) is 30.5 Å². The first-order chi connectivity index (χ1) is 16.3. The largest absolute Gasteiger partial charge is 0.466 e. The summed E-state index contributed by atoms with van der Waals surface area (Å²) in [6.45, 7) is 1.82. The first-order valence-electron chi connectivity index (χ1n) is 10.1. The Bertz CT molecular complexity index is 1420. The zero-order valence-electron chi connectivity index (χ0n) is 18.7. The molecule has 0 saturated heterocycles. The highest BCUT2D eigenvalue weighted by atomic mass is 32.1. The monoisotopic (exact) mass is 475 g/mol. The van der Waals surface area contributed by atoms with E-state index in [-0.39, 0.29) is 22.7 Å². The lowest BCUT2D eigenvalue weighted by Crippen LogP contribution is -2.41. The van der Waals surface area contributed by atoms with Gasteiger partial charge in [-0.1, -0.05) is 41.7 Å². The Balaban J connectivity index is 2.10. The molecule has 0 fully saturated rings. The number of nitrogen functional groups attached to an aromatic ring is 1. The highest BCUT2D eigenvalue weighted by molar-refractivity contribution is 7.22. The molecular weight excluding hydrogens is 454 g/mol. The Labute approximate surface area is 199 Å². The molecule has 2 aromatic carbocycles. The fraction of sp³-hybridized carbons (Fsp3) is 0.167. The number of allylic oxidation sites excluding steroid dienone is 1. The minimum Gasteiger partial charge on any atom is -0.466 e. The molecule has 1 aromatic heterocycles. The van der Waals surface area contributed by atoms with Gasteiger partial charge < -0.3 is 20.9 Å². The van der Waals surface area contributed by atoms with Crippen molar-refractivity contribution in [1.82, 2.24) is 4.98 Å². The number of ether oxygens (including phenoxy) is 2. The van der Waals surface area contributed by atoms with Crippen molar-refractivity contribution >= 4 is 44.3 Å². The number of hydrogen-bond acceptors (Lipinski definition) is 10. The van der Waals surface area contributed by atoms with E-state index in [9.17, 15) is 14.9 Å². The number of nitriles is 1. The number of rotatable bonds is 4. The van der Waals surface area contributed by atoms with Crippen LogP contribution in [0.3, 0.4) is 0 Å². The van der Waals surface area contributed by atoms with Gasteiger partial charge in [0.2, 0.25) is 0 Å². The van der Waals surface area contributed by atoms with E-state index in [2.05, 4.69) is 11.1 Å². The molecule has 4 N–H and O–H groups in total. The number of carbonyl (C=O) groups is 2. The summed E-state index contributed by atoms with van der Waals surface area (Å²) in [7, 11) is 2.41. The zero-order chi connectivity index (χ0) is 24.6. The molecular formula is C24H21N5O4S. The lowest BCUT2D eigenvalue weighted by atomic mass is 9.80. The summed E-state index contributed by atoms with van der Waals surface area (Å²) in [5, 5.41) is 10.5. The predicted octanol–water partition coefficient (Wildman–Crippen LogP) is 3.08. The third-order valence-electron chi connectivity index (χ3n) is 5.57. The van der Waals surface area contributed by atoms with Crippen LogP contribution >= 0.6 is 11.3 Å². The molecule has 34 heavy (non-hydrogen) atoms. The average Bonchev–Trinajstić information content (AvgIpc) is 3.20. The summed E-state index contributed by atoms with van der Waals surface area (Å²) >= 11 is 1.32. The fourth-order valence-corrected chi connectivity index (χ4v) is 4.90. The Kier molecular flexibility index (Phi) is 5.96. The van der Waals surface area contributed by atoms with Crippen LogP contribution in [-0.2, 0) is 19.1 Å². The summed E-state index contributed by atoms with van der Waals surface area (Å²) in [5.74, 6) is -2.52. The van der Waals surface area contributed by atoms with E-state index in [4.69, 9.17) is 20.9 Å². The number of methoxy groups -OCH3 is 2. The lowest BCUT2D eigenvalue weighted by Gasteiger charge is -2.36. The summed E-state index contributed by atoms with van der Waals surface area (Å²) in [5.41, 5.74) is 14.7. The highest BCUT2D eigenvalue weighted by Gasteiger charge is 2.43. The Morgan fingerprint density at radius 2 is 1.79 bits per heavy atom. The fourth-order valence-electron chi connectivity index (χ4n) is 4.09. The van der Waals surface area contributed by atoms with Gasteiger partial charge in [0.05, 0.1) is 53.3 Å². The van der Waals surface area contributed by atoms with Crippen molar-refractivity contribution in [3.8, 4) is 6.07 Å². The molecule has 0 bridgehead atoms. The summed E-state index contributed by atoms with van der Waals surface area (Å²) in [6, 6.07) is 14.5. The van der Waals surface area contributed by atoms with Crippen LogP contribution in [0.5, 0.6) is 0 Å². The zero-order valence-corrected chi connectivity index (χ0v) is 19.5. The van der Waals surface area contributed by atoms with Gasteiger partial charge in [0.15, 0.2) is 5.13 Å². The molecule has 1 aliphatic rings. The van der Waals surface area contributed by atoms with E-state index in [1.807, 2.05) is 13.0 Å². The van der Waals surface area contributed by atoms with E-state index in [0.717, 1.165) is 10.3 Å². The standard InChI is InChI=1S/C24H21N5O4S/c1-12-9-17-15(28-24(27)34-17)10-16(12)29-20(23(31)33-3)19(22(30)32-2)18(14(11-25)21(29)26)13-7-5-4-6-8-13/h4-10,18H,26H2,1-3H3,(H2,27,28). The third kappa shape index (κ3) is 3.62. The van der Waals surface area contributed by atoms with Crippen LogP contribution in [-0.4, -0.2) is 31.1 Å².